The minimum absolute atomic E-state index is 0.286. The molecule has 0 aromatic heterocycles. The molecule has 0 bridgehead atoms. The first-order valence-electron chi connectivity index (χ1n) is 5.88. The molecule has 1 aromatic rings. The van der Waals surface area contributed by atoms with Crippen molar-refractivity contribution < 1.29 is 4.74 Å². The van der Waals surface area contributed by atoms with Gasteiger partial charge in [0.05, 0.1) is 6.10 Å². The molecule has 1 N–H and O–H groups in total. The number of hydrogen-bond donors (Lipinski definition) is 1. The van der Waals surface area contributed by atoms with Crippen LogP contribution in [0.1, 0.15) is 19.8 Å². The van der Waals surface area contributed by atoms with E-state index in [1.807, 2.05) is 24.3 Å². The lowest BCUT2D eigenvalue weighted by atomic mass is 9.95. The highest BCUT2D eigenvalue weighted by atomic mass is 79.9. The molecule has 16 heavy (non-hydrogen) atoms. The normalized spacial score (nSPS) is 22.8. The van der Waals surface area contributed by atoms with Crippen molar-refractivity contribution in [2.75, 3.05) is 13.1 Å². The number of nitrogens with one attached hydrogen (secondary N) is 1. The summed E-state index contributed by atoms with van der Waals surface area (Å²) in [5.41, 5.74) is 0. The van der Waals surface area contributed by atoms with E-state index in [2.05, 4.69) is 28.2 Å². The van der Waals surface area contributed by atoms with Crippen molar-refractivity contribution in [1.82, 2.24) is 5.32 Å². The van der Waals surface area contributed by atoms with Gasteiger partial charge in [-0.2, -0.15) is 0 Å². The monoisotopic (exact) mass is 283 g/mol. The van der Waals surface area contributed by atoms with E-state index in [-0.39, 0.29) is 6.10 Å². The molecule has 0 aliphatic carbocycles. The van der Waals surface area contributed by atoms with Crippen LogP contribution in [0.5, 0.6) is 5.75 Å². The minimum Gasteiger partial charge on any atom is -0.490 e. The van der Waals surface area contributed by atoms with Gasteiger partial charge in [0, 0.05) is 16.9 Å². The second-order valence-corrected chi connectivity index (χ2v) is 5.30. The van der Waals surface area contributed by atoms with Gasteiger partial charge in [-0.15, -0.1) is 0 Å². The van der Waals surface area contributed by atoms with Gasteiger partial charge >= 0.3 is 0 Å². The van der Waals surface area contributed by atoms with Crippen molar-refractivity contribution in [1.29, 1.82) is 0 Å². The Morgan fingerprint density at radius 2 is 2.12 bits per heavy atom. The molecule has 0 saturated carbocycles. The number of benzene rings is 1. The number of ether oxygens (including phenoxy) is 1. The lowest BCUT2D eigenvalue weighted by Gasteiger charge is -2.28. The minimum atomic E-state index is 0.286. The topological polar surface area (TPSA) is 21.3 Å². The Kier molecular flexibility index (Phi) is 4.24. The van der Waals surface area contributed by atoms with Crippen LogP contribution in [-0.2, 0) is 0 Å². The average molecular weight is 284 g/mol. The fourth-order valence-corrected chi connectivity index (χ4v) is 2.37. The predicted molar refractivity (Wildman–Crippen MR) is 69.8 cm³/mol. The van der Waals surface area contributed by atoms with Gasteiger partial charge in [-0.3, -0.25) is 0 Å². The molecule has 2 rings (SSSR count). The number of piperidine rings is 1. The van der Waals surface area contributed by atoms with Gasteiger partial charge in [0.15, 0.2) is 0 Å². The van der Waals surface area contributed by atoms with Crippen LogP contribution in [0.4, 0.5) is 0 Å². The third kappa shape index (κ3) is 3.22. The molecule has 1 aliphatic heterocycles. The number of halogens is 1. The third-order valence-corrected chi connectivity index (χ3v) is 3.66. The maximum atomic E-state index is 5.95. The zero-order chi connectivity index (χ0) is 11.4. The summed E-state index contributed by atoms with van der Waals surface area (Å²) >= 11 is 3.42. The van der Waals surface area contributed by atoms with E-state index in [4.69, 9.17) is 4.74 Å². The van der Waals surface area contributed by atoms with E-state index < -0.39 is 0 Å². The van der Waals surface area contributed by atoms with Crippen molar-refractivity contribution in [3.8, 4) is 5.75 Å². The van der Waals surface area contributed by atoms with Crippen molar-refractivity contribution in [2.24, 2.45) is 5.92 Å². The lowest BCUT2D eigenvalue weighted by Crippen LogP contribution is -2.37. The Morgan fingerprint density at radius 3 is 2.75 bits per heavy atom. The van der Waals surface area contributed by atoms with Gasteiger partial charge in [0.25, 0.3) is 0 Å². The van der Waals surface area contributed by atoms with Crippen LogP contribution >= 0.6 is 15.9 Å². The second kappa shape index (κ2) is 5.69. The Bertz CT molecular complexity index is 319. The molecule has 3 heteroatoms. The van der Waals surface area contributed by atoms with E-state index in [9.17, 15) is 0 Å². The summed E-state index contributed by atoms with van der Waals surface area (Å²) in [5.74, 6) is 1.60. The van der Waals surface area contributed by atoms with Gasteiger partial charge in [-0.1, -0.05) is 15.9 Å². The van der Waals surface area contributed by atoms with Gasteiger partial charge in [-0.05, 0) is 50.6 Å². The van der Waals surface area contributed by atoms with Crippen LogP contribution < -0.4 is 10.1 Å². The summed E-state index contributed by atoms with van der Waals surface area (Å²) in [6.45, 7) is 4.40. The summed E-state index contributed by atoms with van der Waals surface area (Å²) in [7, 11) is 0. The first-order chi connectivity index (χ1) is 7.75. The zero-order valence-corrected chi connectivity index (χ0v) is 11.2. The van der Waals surface area contributed by atoms with Crippen LogP contribution in [-0.4, -0.2) is 19.2 Å². The van der Waals surface area contributed by atoms with Crippen LogP contribution in [0.25, 0.3) is 0 Å². The molecule has 2 nitrogen and oxygen atoms in total. The molecule has 2 atom stereocenters. The molecule has 1 fully saturated rings. The fraction of sp³-hybridized carbons (Fsp3) is 0.538. The average Bonchev–Trinajstić information content (AvgIpc) is 2.33. The molecule has 88 valence electrons. The number of rotatable bonds is 3. The van der Waals surface area contributed by atoms with Crippen molar-refractivity contribution in [3.05, 3.63) is 28.7 Å². The molecule has 1 saturated heterocycles. The highest BCUT2D eigenvalue weighted by Crippen LogP contribution is 2.22. The second-order valence-electron chi connectivity index (χ2n) is 4.38. The summed E-state index contributed by atoms with van der Waals surface area (Å²) in [4.78, 5) is 0. The van der Waals surface area contributed by atoms with Crippen molar-refractivity contribution >= 4 is 15.9 Å². The molecule has 0 spiro atoms. The Balaban J connectivity index is 1.90. The smallest absolute Gasteiger partial charge is 0.119 e. The lowest BCUT2D eigenvalue weighted by molar-refractivity contribution is 0.131. The first kappa shape index (κ1) is 11.9. The Morgan fingerprint density at radius 1 is 1.38 bits per heavy atom. The van der Waals surface area contributed by atoms with Gasteiger partial charge in [0.1, 0.15) is 5.75 Å². The van der Waals surface area contributed by atoms with Crippen LogP contribution in [0, 0.1) is 5.92 Å². The summed E-state index contributed by atoms with van der Waals surface area (Å²) in [6, 6.07) is 8.05. The van der Waals surface area contributed by atoms with E-state index >= 15 is 0 Å². The van der Waals surface area contributed by atoms with Crippen LogP contribution in [0.15, 0.2) is 28.7 Å². The van der Waals surface area contributed by atoms with Crippen LogP contribution in [0.2, 0.25) is 0 Å². The van der Waals surface area contributed by atoms with Crippen LogP contribution in [0.3, 0.4) is 0 Å². The molecule has 0 amide bonds. The van der Waals surface area contributed by atoms with E-state index in [1.54, 1.807) is 0 Å². The Labute approximate surface area is 106 Å². The molecule has 2 unspecified atom stereocenters. The van der Waals surface area contributed by atoms with Crippen molar-refractivity contribution in [2.45, 2.75) is 25.9 Å². The molecule has 1 aliphatic rings. The van der Waals surface area contributed by atoms with Gasteiger partial charge in [-0.25, -0.2) is 0 Å². The zero-order valence-electron chi connectivity index (χ0n) is 9.58. The molecule has 1 aromatic carbocycles. The summed E-state index contributed by atoms with van der Waals surface area (Å²) in [5, 5.41) is 3.42. The quantitative estimate of drug-likeness (QED) is 0.920. The summed E-state index contributed by atoms with van der Waals surface area (Å²) in [6.07, 6.45) is 2.82. The SMILES string of the molecule is CC(Oc1ccc(Br)cc1)C1CCCNC1. The molecular weight excluding hydrogens is 266 g/mol. The highest BCUT2D eigenvalue weighted by molar-refractivity contribution is 9.10. The number of hydrogen-bond acceptors (Lipinski definition) is 2. The first-order valence-corrected chi connectivity index (χ1v) is 6.68. The van der Waals surface area contributed by atoms with E-state index in [0.717, 1.165) is 23.3 Å². The van der Waals surface area contributed by atoms with E-state index in [0.29, 0.717) is 5.92 Å². The maximum Gasteiger partial charge on any atom is 0.119 e. The van der Waals surface area contributed by atoms with Gasteiger partial charge < -0.3 is 10.1 Å². The largest absolute Gasteiger partial charge is 0.490 e. The standard InChI is InChI=1S/C13H18BrNO/c1-10(11-3-2-8-15-9-11)16-13-6-4-12(14)5-7-13/h4-7,10-11,15H,2-3,8-9H2,1H3. The third-order valence-electron chi connectivity index (χ3n) is 3.13. The Hall–Kier alpha value is -0.540. The summed E-state index contributed by atoms with van der Waals surface area (Å²) < 4.78 is 7.04. The van der Waals surface area contributed by atoms with E-state index in [1.165, 1.54) is 12.8 Å². The molecule has 0 radical (unpaired) electrons. The highest BCUT2D eigenvalue weighted by Gasteiger charge is 2.20. The molecule has 1 heterocycles. The predicted octanol–water partition coefficient (Wildman–Crippen LogP) is 3.22. The fourth-order valence-electron chi connectivity index (χ4n) is 2.10. The van der Waals surface area contributed by atoms with Crippen molar-refractivity contribution in [3.63, 3.8) is 0 Å². The molecular formula is C13H18BrNO. The van der Waals surface area contributed by atoms with Gasteiger partial charge in [0.2, 0.25) is 0 Å². The maximum absolute atomic E-state index is 5.95.